The summed E-state index contributed by atoms with van der Waals surface area (Å²) in [5.41, 5.74) is -0.775. The zero-order valence-corrected chi connectivity index (χ0v) is 17.8. The molecule has 0 aromatic carbocycles. The van der Waals surface area contributed by atoms with Crippen molar-refractivity contribution in [1.29, 1.82) is 0 Å². The lowest BCUT2D eigenvalue weighted by atomic mass is 10.1. The Morgan fingerprint density at radius 1 is 1.12 bits per heavy atom. The molecule has 0 heterocycles. The van der Waals surface area contributed by atoms with Crippen molar-refractivity contribution >= 4 is 18.0 Å². The third kappa shape index (κ3) is 12.4. The number of aliphatic imine (C=N–C) groups is 1. The number of nitrogens with one attached hydrogen (secondary N) is 3. The second-order valence-electron chi connectivity index (χ2n) is 8.57. The van der Waals surface area contributed by atoms with Gasteiger partial charge < -0.3 is 25.6 Å². The molecule has 0 aromatic heterocycles. The van der Waals surface area contributed by atoms with E-state index in [-0.39, 0.29) is 30.0 Å². The van der Waals surface area contributed by atoms with Crippen LogP contribution in [0.2, 0.25) is 0 Å². The molecule has 0 aromatic rings. The van der Waals surface area contributed by atoms with E-state index in [1.165, 1.54) is 0 Å². The van der Waals surface area contributed by atoms with Crippen LogP contribution in [-0.4, -0.2) is 67.7 Å². The van der Waals surface area contributed by atoms with Crippen molar-refractivity contribution in [1.82, 2.24) is 20.9 Å². The van der Waals surface area contributed by atoms with Crippen LogP contribution < -0.4 is 16.0 Å². The van der Waals surface area contributed by atoms with Crippen molar-refractivity contribution in [3.8, 4) is 0 Å². The van der Waals surface area contributed by atoms with Crippen LogP contribution in [0.5, 0.6) is 0 Å². The van der Waals surface area contributed by atoms with Crippen LogP contribution in [0.25, 0.3) is 0 Å². The van der Waals surface area contributed by atoms with Crippen molar-refractivity contribution in [3.05, 3.63) is 0 Å². The fraction of sp³-hybridized carbons (Fsp3) is 0.833. The number of hydrogen-bond donors (Lipinski definition) is 3. The topological polar surface area (TPSA) is 95.1 Å². The minimum Gasteiger partial charge on any atom is -0.444 e. The molecule has 8 heteroatoms. The molecule has 152 valence electrons. The molecule has 0 saturated heterocycles. The van der Waals surface area contributed by atoms with Gasteiger partial charge in [-0.2, -0.15) is 0 Å². The van der Waals surface area contributed by atoms with E-state index in [2.05, 4.69) is 20.9 Å². The van der Waals surface area contributed by atoms with Crippen LogP contribution in [0.4, 0.5) is 4.79 Å². The van der Waals surface area contributed by atoms with E-state index < -0.39 is 5.60 Å². The number of amides is 2. The van der Waals surface area contributed by atoms with Crippen molar-refractivity contribution in [2.75, 3.05) is 33.7 Å². The van der Waals surface area contributed by atoms with E-state index in [1.54, 1.807) is 19.0 Å². The monoisotopic (exact) mass is 371 g/mol. The summed E-state index contributed by atoms with van der Waals surface area (Å²) in [6, 6.07) is 0. The van der Waals surface area contributed by atoms with Gasteiger partial charge in [0.05, 0.1) is 6.54 Å². The van der Waals surface area contributed by atoms with Gasteiger partial charge in [-0.05, 0) is 47.5 Å². The molecule has 0 saturated carbocycles. The first-order chi connectivity index (χ1) is 11.7. The van der Waals surface area contributed by atoms with Crippen LogP contribution in [0.3, 0.4) is 0 Å². The van der Waals surface area contributed by atoms with Gasteiger partial charge in [-0.3, -0.25) is 9.79 Å². The van der Waals surface area contributed by atoms with E-state index in [4.69, 9.17) is 4.74 Å². The van der Waals surface area contributed by atoms with Crippen LogP contribution in [0.1, 0.15) is 48.5 Å². The molecule has 0 aliphatic carbocycles. The minimum absolute atomic E-state index is 0.0989. The molecule has 8 nitrogen and oxygen atoms in total. The smallest absolute Gasteiger partial charge is 0.410 e. The van der Waals surface area contributed by atoms with Crippen LogP contribution in [-0.2, 0) is 9.53 Å². The zero-order chi connectivity index (χ0) is 20.5. The fourth-order valence-electron chi connectivity index (χ4n) is 2.06. The molecule has 1 unspecified atom stereocenters. The highest BCUT2D eigenvalue weighted by molar-refractivity contribution is 5.86. The van der Waals surface area contributed by atoms with Gasteiger partial charge in [0.1, 0.15) is 5.60 Å². The quantitative estimate of drug-likeness (QED) is 0.487. The maximum atomic E-state index is 12.0. The third-order valence-electron chi connectivity index (χ3n) is 3.06. The van der Waals surface area contributed by atoms with Gasteiger partial charge in [0.2, 0.25) is 5.91 Å². The number of nitrogens with zero attached hydrogens (tertiary/aromatic N) is 2. The summed E-state index contributed by atoms with van der Waals surface area (Å²) >= 11 is 0. The predicted molar refractivity (Wildman–Crippen MR) is 105 cm³/mol. The second-order valence-corrected chi connectivity index (χ2v) is 8.57. The van der Waals surface area contributed by atoms with Crippen LogP contribution in [0, 0.1) is 5.92 Å². The molecular formula is C18H37N5O3. The molecule has 0 rings (SSSR count). The number of guanidine groups is 1. The van der Waals surface area contributed by atoms with Gasteiger partial charge in [0, 0.05) is 32.7 Å². The van der Waals surface area contributed by atoms with E-state index in [0.717, 1.165) is 0 Å². The standard InChI is InChI=1S/C18H37N5O3/c1-13(12-23(9)16(25)26-18(5,6)7)10-20-15(19-8)21-11-14(24)22-17(2,3)4/h13H,10-12H2,1-9H3,(H,22,24)(H2,19,20,21). The molecule has 0 fully saturated rings. The van der Waals surface area contributed by atoms with Crippen LogP contribution in [0.15, 0.2) is 4.99 Å². The first-order valence-corrected chi connectivity index (χ1v) is 8.93. The molecule has 1 atom stereocenters. The normalized spacial score (nSPS) is 13.7. The Bertz CT molecular complexity index is 492. The largest absolute Gasteiger partial charge is 0.444 e. The summed E-state index contributed by atoms with van der Waals surface area (Å²) in [5, 5.41) is 9.01. The SMILES string of the molecule is CN=C(NCC(=O)NC(C)(C)C)NCC(C)CN(C)C(=O)OC(C)(C)C. The Labute approximate surface area is 158 Å². The van der Waals surface area contributed by atoms with Gasteiger partial charge in [-0.15, -0.1) is 0 Å². The Morgan fingerprint density at radius 3 is 2.15 bits per heavy atom. The van der Waals surface area contributed by atoms with E-state index in [0.29, 0.717) is 19.0 Å². The lowest BCUT2D eigenvalue weighted by Gasteiger charge is -2.26. The summed E-state index contributed by atoms with van der Waals surface area (Å²) < 4.78 is 5.34. The van der Waals surface area contributed by atoms with Crippen molar-refractivity contribution in [2.24, 2.45) is 10.9 Å². The molecule has 3 N–H and O–H groups in total. The summed E-state index contributed by atoms with van der Waals surface area (Å²) in [6.07, 6.45) is -0.342. The van der Waals surface area contributed by atoms with Crippen molar-refractivity contribution in [3.63, 3.8) is 0 Å². The maximum Gasteiger partial charge on any atom is 0.410 e. The highest BCUT2D eigenvalue weighted by Crippen LogP contribution is 2.10. The van der Waals surface area contributed by atoms with Gasteiger partial charge >= 0.3 is 6.09 Å². The number of rotatable bonds is 6. The van der Waals surface area contributed by atoms with Gasteiger partial charge in [-0.25, -0.2) is 4.79 Å². The third-order valence-corrected chi connectivity index (χ3v) is 3.06. The van der Waals surface area contributed by atoms with Crippen LogP contribution >= 0.6 is 0 Å². The average Bonchev–Trinajstić information content (AvgIpc) is 2.43. The summed E-state index contributed by atoms with van der Waals surface area (Å²) in [6.45, 7) is 14.6. The molecule has 0 aliphatic rings. The van der Waals surface area contributed by atoms with E-state index >= 15 is 0 Å². The number of ether oxygens (including phenoxy) is 1. The van der Waals surface area contributed by atoms with E-state index in [9.17, 15) is 9.59 Å². The minimum atomic E-state index is -0.508. The lowest BCUT2D eigenvalue weighted by molar-refractivity contribution is -0.121. The summed E-state index contributed by atoms with van der Waals surface area (Å²) in [7, 11) is 3.36. The molecule has 0 bridgehead atoms. The molecule has 0 spiro atoms. The summed E-state index contributed by atoms with van der Waals surface area (Å²) in [5.74, 6) is 0.619. The highest BCUT2D eigenvalue weighted by atomic mass is 16.6. The first-order valence-electron chi connectivity index (χ1n) is 8.93. The predicted octanol–water partition coefficient (Wildman–Crippen LogP) is 1.57. The number of hydrogen-bond acceptors (Lipinski definition) is 4. The number of carbonyl (C=O) groups is 2. The Hall–Kier alpha value is -1.99. The molecule has 2 amide bonds. The number of carbonyl (C=O) groups excluding carboxylic acids is 2. The maximum absolute atomic E-state index is 12.0. The molecule has 26 heavy (non-hydrogen) atoms. The molecule has 0 radical (unpaired) electrons. The van der Waals surface area contributed by atoms with Gasteiger partial charge in [-0.1, -0.05) is 6.92 Å². The lowest BCUT2D eigenvalue weighted by Crippen LogP contribution is -2.49. The van der Waals surface area contributed by atoms with Crippen molar-refractivity contribution in [2.45, 2.75) is 59.6 Å². The Kier molecular flexibility index (Phi) is 9.45. The fourth-order valence-corrected chi connectivity index (χ4v) is 2.06. The van der Waals surface area contributed by atoms with Crippen molar-refractivity contribution < 1.29 is 14.3 Å². The Morgan fingerprint density at radius 2 is 1.69 bits per heavy atom. The van der Waals surface area contributed by atoms with E-state index in [1.807, 2.05) is 48.5 Å². The summed E-state index contributed by atoms with van der Waals surface area (Å²) in [4.78, 5) is 29.5. The van der Waals surface area contributed by atoms with Gasteiger partial charge in [0.25, 0.3) is 0 Å². The Balaban J connectivity index is 4.28. The zero-order valence-electron chi connectivity index (χ0n) is 17.8. The second kappa shape index (κ2) is 10.2. The highest BCUT2D eigenvalue weighted by Gasteiger charge is 2.21. The first kappa shape index (κ1) is 24.0. The average molecular weight is 372 g/mol. The molecular weight excluding hydrogens is 334 g/mol. The van der Waals surface area contributed by atoms with Gasteiger partial charge in [0.15, 0.2) is 5.96 Å². The molecule has 0 aliphatic heterocycles.